The molecule has 354 valence electrons. The van der Waals surface area contributed by atoms with Crippen molar-refractivity contribution in [2.75, 3.05) is 9.80 Å². The van der Waals surface area contributed by atoms with E-state index in [1.54, 1.807) is 0 Å². The Morgan fingerprint density at radius 2 is 1.05 bits per heavy atom. The third kappa shape index (κ3) is 10.4. The van der Waals surface area contributed by atoms with Gasteiger partial charge in [-0.15, -0.1) is 0 Å². The van der Waals surface area contributed by atoms with Gasteiger partial charge in [-0.3, -0.25) is 0 Å². The number of hydrogen-bond acceptors (Lipinski definition) is 2. The van der Waals surface area contributed by atoms with Crippen LogP contribution in [0.25, 0.3) is 44.2 Å². The van der Waals surface area contributed by atoms with Crippen LogP contribution in [-0.2, 0) is 0 Å². The van der Waals surface area contributed by atoms with Crippen molar-refractivity contribution in [2.45, 2.75) is 38.5 Å². The second-order valence-corrected chi connectivity index (χ2v) is 19.2. The minimum absolute atomic E-state index is 0.290. The minimum atomic E-state index is 0.290. The average Bonchev–Trinajstić information content (AvgIpc) is 3.47. The number of anilines is 4. The summed E-state index contributed by atoms with van der Waals surface area (Å²) in [4.78, 5) is 4.74. The molecule has 11 rings (SSSR count). The van der Waals surface area contributed by atoms with E-state index in [4.69, 9.17) is 0 Å². The van der Waals surface area contributed by atoms with Crippen LogP contribution in [0.5, 0.6) is 0 Å². The maximum atomic E-state index is 4.38. The number of allylic oxidation sites excluding steroid dienone is 15. The van der Waals surface area contributed by atoms with Gasteiger partial charge in [0.15, 0.2) is 0 Å². The first-order chi connectivity index (χ1) is 36.1. The Labute approximate surface area is 432 Å². The monoisotopic (exact) mass is 940 g/mol. The van der Waals surface area contributed by atoms with Gasteiger partial charge in [-0.1, -0.05) is 225 Å². The van der Waals surface area contributed by atoms with Crippen molar-refractivity contribution < 1.29 is 0 Å². The fraction of sp³-hybridized carbons (Fsp3) is 0.0986. The van der Waals surface area contributed by atoms with E-state index in [0.29, 0.717) is 11.8 Å². The molecule has 73 heavy (non-hydrogen) atoms. The Kier molecular flexibility index (Phi) is 13.9. The second kappa shape index (κ2) is 21.7. The molecule has 2 atom stereocenters. The van der Waals surface area contributed by atoms with Gasteiger partial charge in [0.25, 0.3) is 0 Å². The van der Waals surface area contributed by atoms with Gasteiger partial charge in [0.1, 0.15) is 0 Å². The van der Waals surface area contributed by atoms with Gasteiger partial charge in [-0.25, -0.2) is 0 Å². The highest BCUT2D eigenvalue weighted by molar-refractivity contribution is 5.99. The van der Waals surface area contributed by atoms with E-state index >= 15 is 0 Å². The van der Waals surface area contributed by atoms with Crippen molar-refractivity contribution in [3.63, 3.8) is 0 Å². The first kappa shape index (κ1) is 46.7. The molecule has 2 unspecified atom stereocenters. The van der Waals surface area contributed by atoms with Crippen LogP contribution in [0.4, 0.5) is 22.7 Å². The van der Waals surface area contributed by atoms with Gasteiger partial charge in [0, 0.05) is 45.7 Å². The zero-order chi connectivity index (χ0) is 49.3. The fourth-order valence-electron chi connectivity index (χ4n) is 10.5. The summed E-state index contributed by atoms with van der Waals surface area (Å²) in [6.45, 7) is 6.63. The van der Waals surface area contributed by atoms with E-state index in [-0.39, 0.29) is 0 Å². The molecule has 0 N–H and O–H groups in total. The molecule has 0 fully saturated rings. The molecule has 0 aliphatic heterocycles. The molecule has 3 aliphatic rings. The molecule has 0 saturated carbocycles. The molecular formula is C71H60N2. The lowest BCUT2D eigenvalue weighted by molar-refractivity contribution is 0.769. The molecule has 0 spiro atoms. The Bertz CT molecular complexity index is 3480. The standard InChI is InChI=1S/C71H60N2/c1-3-65(43-26-52(2)53-27-29-57(30-28-53)54-16-7-4-8-17-54)72(66-44-35-61(36-45-66)59-33-31-58(32-34-59)55-18-9-5-10-19-55)67-46-37-62(38-47-67)63-41-50-69(51-42-63)73(71-25-15-23-64-22-13-14-24-70(64)71)68-48-39-60(40-49-68)56-20-11-6-12-21-56/h3-5,7-11,13-27,29-35,37-51,53,61H,1,6,12,28,36H2,2H3/b52-26+,65-43+. The van der Waals surface area contributed by atoms with Crippen LogP contribution < -0.4 is 9.80 Å². The van der Waals surface area contributed by atoms with E-state index in [2.05, 4.69) is 290 Å². The number of hydrogen-bond donors (Lipinski definition) is 0. The average molecular weight is 941 g/mol. The number of fused-ring (bicyclic) bond motifs is 1. The highest BCUT2D eigenvalue weighted by atomic mass is 15.2. The molecule has 3 aliphatic carbocycles. The van der Waals surface area contributed by atoms with Crippen LogP contribution >= 0.6 is 0 Å². The van der Waals surface area contributed by atoms with Gasteiger partial charge in [0.05, 0.1) is 5.69 Å². The van der Waals surface area contributed by atoms with E-state index in [9.17, 15) is 0 Å². The van der Waals surface area contributed by atoms with Crippen LogP contribution in [0.1, 0.15) is 55.2 Å². The van der Waals surface area contributed by atoms with Crippen LogP contribution in [0.3, 0.4) is 0 Å². The lowest BCUT2D eigenvalue weighted by atomic mass is 9.88. The normalized spacial score (nSPS) is 16.6. The summed E-state index contributed by atoms with van der Waals surface area (Å²) in [5.41, 5.74) is 19.1. The van der Waals surface area contributed by atoms with E-state index in [1.807, 2.05) is 6.08 Å². The summed E-state index contributed by atoms with van der Waals surface area (Å²) in [7, 11) is 0. The molecule has 0 bridgehead atoms. The van der Waals surface area contributed by atoms with Crippen molar-refractivity contribution in [1.29, 1.82) is 0 Å². The highest BCUT2D eigenvalue weighted by Crippen LogP contribution is 2.41. The van der Waals surface area contributed by atoms with Gasteiger partial charge < -0.3 is 9.80 Å². The third-order valence-electron chi connectivity index (χ3n) is 14.6. The first-order valence-corrected chi connectivity index (χ1v) is 25.8. The molecule has 0 radical (unpaired) electrons. The lowest BCUT2D eigenvalue weighted by Gasteiger charge is -2.30. The maximum Gasteiger partial charge on any atom is 0.0540 e. The Morgan fingerprint density at radius 3 is 1.67 bits per heavy atom. The molecule has 2 heteroatoms. The summed E-state index contributed by atoms with van der Waals surface area (Å²) in [6, 6.07) is 72.6. The summed E-state index contributed by atoms with van der Waals surface area (Å²) in [5.74, 6) is 0.622. The van der Waals surface area contributed by atoms with Crippen molar-refractivity contribution in [2.24, 2.45) is 5.92 Å². The Morgan fingerprint density at radius 1 is 0.479 bits per heavy atom. The molecule has 8 aromatic carbocycles. The molecule has 8 aromatic rings. The fourth-order valence-corrected chi connectivity index (χ4v) is 10.5. The van der Waals surface area contributed by atoms with Gasteiger partial charge in [-0.05, 0) is 149 Å². The van der Waals surface area contributed by atoms with Crippen LogP contribution in [0.2, 0.25) is 0 Å². The maximum absolute atomic E-state index is 4.38. The zero-order valence-corrected chi connectivity index (χ0v) is 41.6. The molecular weight excluding hydrogens is 881 g/mol. The van der Waals surface area contributed by atoms with Crippen molar-refractivity contribution in [1.82, 2.24) is 0 Å². The van der Waals surface area contributed by atoms with Crippen LogP contribution in [0.15, 0.2) is 297 Å². The number of nitrogens with zero attached hydrogens (tertiary/aromatic N) is 2. The van der Waals surface area contributed by atoms with Crippen molar-refractivity contribution in [3.8, 4) is 22.3 Å². The zero-order valence-electron chi connectivity index (χ0n) is 41.6. The Balaban J connectivity index is 0.883. The van der Waals surface area contributed by atoms with Gasteiger partial charge in [-0.2, -0.15) is 0 Å². The van der Waals surface area contributed by atoms with E-state index in [0.717, 1.165) is 71.0 Å². The Hall–Kier alpha value is -8.72. The van der Waals surface area contributed by atoms with Crippen LogP contribution in [0, 0.1) is 5.92 Å². The minimum Gasteiger partial charge on any atom is -0.311 e. The highest BCUT2D eigenvalue weighted by Gasteiger charge is 2.21. The predicted molar refractivity (Wildman–Crippen MR) is 313 cm³/mol. The molecule has 0 aromatic heterocycles. The summed E-state index contributed by atoms with van der Waals surface area (Å²) < 4.78 is 0. The smallest absolute Gasteiger partial charge is 0.0540 e. The van der Waals surface area contributed by atoms with E-state index < -0.39 is 0 Å². The molecule has 0 amide bonds. The summed E-state index contributed by atoms with van der Waals surface area (Å²) >= 11 is 0. The largest absolute Gasteiger partial charge is 0.311 e. The number of benzene rings is 8. The number of rotatable bonds is 14. The second-order valence-electron chi connectivity index (χ2n) is 19.2. The summed E-state index contributed by atoms with van der Waals surface area (Å²) in [6.07, 6.45) is 31.5. The topological polar surface area (TPSA) is 6.48 Å². The lowest BCUT2D eigenvalue weighted by Crippen LogP contribution is -2.21. The van der Waals surface area contributed by atoms with Gasteiger partial charge in [0.2, 0.25) is 0 Å². The first-order valence-electron chi connectivity index (χ1n) is 25.8. The van der Waals surface area contributed by atoms with Gasteiger partial charge >= 0.3 is 0 Å². The van der Waals surface area contributed by atoms with Crippen molar-refractivity contribution >= 4 is 44.7 Å². The van der Waals surface area contributed by atoms with E-state index in [1.165, 1.54) is 55.3 Å². The van der Waals surface area contributed by atoms with Crippen molar-refractivity contribution in [3.05, 3.63) is 313 Å². The quantitative estimate of drug-likeness (QED) is 0.100. The predicted octanol–water partition coefficient (Wildman–Crippen LogP) is 19.5. The SMILES string of the molecule is C=C/C(=C\C=C(/C)C1C=CC(c2ccccc2)=CC1)N(C1=CCC(c2ccc(-c3ccccc3)cc2)C=C1)c1ccc(-c2ccc(N(c3ccc(C4=CCCC=C4)cc3)c3cccc4ccccc34)cc2)cc1. The third-order valence-corrected chi connectivity index (χ3v) is 14.6. The summed E-state index contributed by atoms with van der Waals surface area (Å²) in [5, 5.41) is 2.43. The molecule has 0 heterocycles. The molecule has 2 nitrogen and oxygen atoms in total. The van der Waals surface area contributed by atoms with Crippen LogP contribution in [-0.4, -0.2) is 0 Å². The molecule has 0 saturated heterocycles.